The zero-order valence-corrected chi connectivity index (χ0v) is 16.3. The van der Waals surface area contributed by atoms with E-state index in [1.54, 1.807) is 12.1 Å². The van der Waals surface area contributed by atoms with E-state index in [0.29, 0.717) is 29.6 Å². The Morgan fingerprint density at radius 1 is 1.24 bits per heavy atom. The largest absolute Gasteiger partial charge is 0.354 e. The number of rotatable bonds is 6. The molecule has 140 valence electrons. The highest BCUT2D eigenvalue weighted by Crippen LogP contribution is 2.24. The molecular weight excluding hydrogens is 385 g/mol. The molecule has 0 spiro atoms. The van der Waals surface area contributed by atoms with E-state index in [4.69, 9.17) is 28.9 Å². The Balaban J connectivity index is 0.00000312. The fourth-order valence-corrected chi connectivity index (χ4v) is 3.24. The number of amides is 2. The summed E-state index contributed by atoms with van der Waals surface area (Å²) in [5.74, 6) is -0.0221. The number of hydrogen-bond donors (Lipinski definition) is 2. The lowest BCUT2D eigenvalue weighted by molar-refractivity contribution is -0.134. The SMILES string of the molecule is Cl.NCCC(=O)NCC1CCCCN1C(=O)Cc1ccc(Cl)c(Cl)c1. The number of carbonyl (C=O) groups excluding carboxylic acids is 2. The van der Waals surface area contributed by atoms with Crippen molar-refractivity contribution in [1.82, 2.24) is 10.2 Å². The summed E-state index contributed by atoms with van der Waals surface area (Å²) in [7, 11) is 0. The first-order chi connectivity index (χ1) is 11.5. The van der Waals surface area contributed by atoms with Gasteiger partial charge in [0.05, 0.1) is 16.5 Å². The average molecular weight is 409 g/mol. The predicted molar refractivity (Wildman–Crippen MR) is 103 cm³/mol. The van der Waals surface area contributed by atoms with Crippen LogP contribution in [-0.2, 0) is 16.0 Å². The molecule has 3 N–H and O–H groups in total. The molecule has 1 aromatic carbocycles. The first kappa shape index (κ1) is 22.0. The molecule has 5 nitrogen and oxygen atoms in total. The van der Waals surface area contributed by atoms with Crippen LogP contribution in [0.4, 0.5) is 0 Å². The summed E-state index contributed by atoms with van der Waals surface area (Å²) in [6.45, 7) is 1.53. The van der Waals surface area contributed by atoms with Gasteiger partial charge in [-0.25, -0.2) is 0 Å². The van der Waals surface area contributed by atoms with Crippen molar-refractivity contribution in [2.45, 2.75) is 38.1 Å². The summed E-state index contributed by atoms with van der Waals surface area (Å²) >= 11 is 11.9. The minimum Gasteiger partial charge on any atom is -0.354 e. The number of nitrogens with two attached hydrogens (primary N) is 1. The van der Waals surface area contributed by atoms with Gasteiger partial charge >= 0.3 is 0 Å². The maximum atomic E-state index is 12.7. The van der Waals surface area contributed by atoms with E-state index in [2.05, 4.69) is 5.32 Å². The lowest BCUT2D eigenvalue weighted by Gasteiger charge is -2.36. The van der Waals surface area contributed by atoms with E-state index in [9.17, 15) is 9.59 Å². The molecule has 2 rings (SSSR count). The summed E-state index contributed by atoms with van der Waals surface area (Å²) in [5, 5.41) is 3.80. The van der Waals surface area contributed by atoms with Gasteiger partial charge in [-0.1, -0.05) is 29.3 Å². The molecule has 1 aliphatic heterocycles. The predicted octanol–water partition coefficient (Wildman–Crippen LogP) is 2.80. The molecule has 0 aromatic heterocycles. The van der Waals surface area contributed by atoms with Crippen LogP contribution in [0.2, 0.25) is 10.0 Å². The Morgan fingerprint density at radius 2 is 2.00 bits per heavy atom. The van der Waals surface area contributed by atoms with Gasteiger partial charge in [-0.15, -0.1) is 12.4 Å². The van der Waals surface area contributed by atoms with Crippen LogP contribution in [0.5, 0.6) is 0 Å². The zero-order valence-electron chi connectivity index (χ0n) is 14.0. The molecule has 0 aliphatic carbocycles. The molecular formula is C17H24Cl3N3O2. The van der Waals surface area contributed by atoms with Crippen molar-refractivity contribution >= 4 is 47.4 Å². The van der Waals surface area contributed by atoms with E-state index < -0.39 is 0 Å². The molecule has 1 atom stereocenters. The van der Waals surface area contributed by atoms with E-state index in [0.717, 1.165) is 31.4 Å². The van der Waals surface area contributed by atoms with Crippen molar-refractivity contribution in [3.63, 3.8) is 0 Å². The van der Waals surface area contributed by atoms with Crippen LogP contribution in [0.1, 0.15) is 31.2 Å². The minimum absolute atomic E-state index is 0. The summed E-state index contributed by atoms with van der Waals surface area (Å²) < 4.78 is 0. The van der Waals surface area contributed by atoms with E-state index in [1.165, 1.54) is 0 Å². The van der Waals surface area contributed by atoms with Crippen LogP contribution in [0.25, 0.3) is 0 Å². The quantitative estimate of drug-likeness (QED) is 0.760. The molecule has 1 fully saturated rings. The van der Waals surface area contributed by atoms with Crippen LogP contribution in [-0.4, -0.2) is 42.4 Å². The lowest BCUT2D eigenvalue weighted by atomic mass is 10.0. The zero-order chi connectivity index (χ0) is 17.5. The molecule has 1 aliphatic rings. The van der Waals surface area contributed by atoms with Gasteiger partial charge in [-0.2, -0.15) is 0 Å². The highest BCUT2D eigenvalue weighted by atomic mass is 35.5. The van der Waals surface area contributed by atoms with Crippen molar-refractivity contribution in [1.29, 1.82) is 0 Å². The smallest absolute Gasteiger partial charge is 0.227 e. The highest BCUT2D eigenvalue weighted by Gasteiger charge is 2.26. The van der Waals surface area contributed by atoms with Gasteiger partial charge in [-0.05, 0) is 37.0 Å². The molecule has 1 aromatic rings. The number of nitrogens with one attached hydrogen (secondary N) is 1. The summed E-state index contributed by atoms with van der Waals surface area (Å²) in [6, 6.07) is 5.28. The number of benzene rings is 1. The highest BCUT2D eigenvalue weighted by molar-refractivity contribution is 6.42. The van der Waals surface area contributed by atoms with Crippen LogP contribution < -0.4 is 11.1 Å². The average Bonchev–Trinajstić information content (AvgIpc) is 2.57. The number of halogens is 3. The lowest BCUT2D eigenvalue weighted by Crippen LogP contribution is -2.50. The normalized spacial score (nSPS) is 16.9. The number of likely N-dealkylation sites (tertiary alicyclic amines) is 1. The summed E-state index contributed by atoms with van der Waals surface area (Å²) in [6.07, 6.45) is 3.54. The minimum atomic E-state index is -0.0695. The second-order valence-corrected chi connectivity index (χ2v) is 6.82. The van der Waals surface area contributed by atoms with Gasteiger partial charge in [0, 0.05) is 32.1 Å². The molecule has 25 heavy (non-hydrogen) atoms. The molecule has 8 heteroatoms. The van der Waals surface area contributed by atoms with Crippen molar-refractivity contribution in [2.75, 3.05) is 19.6 Å². The third kappa shape index (κ3) is 6.66. The standard InChI is InChI=1S/C17H23Cl2N3O2.ClH/c18-14-5-4-12(9-15(14)19)10-17(24)22-8-2-1-3-13(22)11-21-16(23)6-7-20;/h4-5,9,13H,1-3,6-8,10-11,20H2,(H,21,23);1H. The molecule has 1 saturated heterocycles. The number of piperidine rings is 1. The monoisotopic (exact) mass is 407 g/mol. The fourth-order valence-electron chi connectivity index (χ4n) is 2.92. The third-order valence-electron chi connectivity index (χ3n) is 4.19. The third-order valence-corrected chi connectivity index (χ3v) is 4.93. The van der Waals surface area contributed by atoms with Gasteiger partial charge < -0.3 is 16.0 Å². The molecule has 1 heterocycles. The van der Waals surface area contributed by atoms with Crippen molar-refractivity contribution in [2.24, 2.45) is 5.73 Å². The number of nitrogens with zero attached hydrogens (tertiary/aromatic N) is 1. The first-order valence-electron chi connectivity index (χ1n) is 8.21. The Kier molecular flexibility index (Phi) is 9.57. The van der Waals surface area contributed by atoms with Gasteiger partial charge in [0.25, 0.3) is 0 Å². The Bertz CT molecular complexity index is 599. The Labute approximate surface area is 164 Å². The molecule has 2 amide bonds. The first-order valence-corrected chi connectivity index (χ1v) is 8.97. The second-order valence-electron chi connectivity index (χ2n) is 6.00. The van der Waals surface area contributed by atoms with Crippen LogP contribution >= 0.6 is 35.6 Å². The summed E-state index contributed by atoms with van der Waals surface area (Å²) in [5.41, 5.74) is 6.22. The van der Waals surface area contributed by atoms with Gasteiger partial charge in [0.15, 0.2) is 0 Å². The molecule has 0 radical (unpaired) electrons. The Hall–Kier alpha value is -1.01. The summed E-state index contributed by atoms with van der Waals surface area (Å²) in [4.78, 5) is 26.1. The van der Waals surface area contributed by atoms with Crippen molar-refractivity contribution in [3.8, 4) is 0 Å². The molecule has 0 saturated carbocycles. The Morgan fingerprint density at radius 3 is 2.68 bits per heavy atom. The topological polar surface area (TPSA) is 75.4 Å². The van der Waals surface area contributed by atoms with Gasteiger partial charge in [0.1, 0.15) is 0 Å². The maximum Gasteiger partial charge on any atom is 0.227 e. The van der Waals surface area contributed by atoms with Crippen LogP contribution in [0, 0.1) is 0 Å². The van der Waals surface area contributed by atoms with Gasteiger partial charge in [-0.3, -0.25) is 9.59 Å². The van der Waals surface area contributed by atoms with Crippen molar-refractivity contribution < 1.29 is 9.59 Å². The molecule has 1 unspecified atom stereocenters. The fraction of sp³-hybridized carbons (Fsp3) is 0.529. The maximum absolute atomic E-state index is 12.7. The van der Waals surface area contributed by atoms with Gasteiger partial charge in [0.2, 0.25) is 11.8 Å². The van der Waals surface area contributed by atoms with E-state index in [-0.39, 0.29) is 36.7 Å². The second kappa shape index (κ2) is 10.9. The molecule has 0 bridgehead atoms. The van der Waals surface area contributed by atoms with E-state index >= 15 is 0 Å². The van der Waals surface area contributed by atoms with Crippen molar-refractivity contribution in [3.05, 3.63) is 33.8 Å². The van der Waals surface area contributed by atoms with Crippen LogP contribution in [0.3, 0.4) is 0 Å². The number of carbonyl (C=O) groups is 2. The number of hydrogen-bond acceptors (Lipinski definition) is 3. The van der Waals surface area contributed by atoms with Crippen LogP contribution in [0.15, 0.2) is 18.2 Å². The van der Waals surface area contributed by atoms with E-state index in [1.807, 2.05) is 11.0 Å².